The number of benzene rings is 1. The Labute approximate surface area is 121 Å². The fourth-order valence-electron chi connectivity index (χ4n) is 1.80. The molecule has 2 rings (SSSR count). The summed E-state index contributed by atoms with van der Waals surface area (Å²) in [5.41, 5.74) is 0.403. The summed E-state index contributed by atoms with van der Waals surface area (Å²) >= 11 is 3.39. The van der Waals surface area contributed by atoms with E-state index in [9.17, 15) is 4.79 Å². The number of carbonyl (C=O) groups excluding carboxylic acids is 1. The SMILES string of the molecule is CC(C)(C(=O)NCc1ccco1)c1ccc(Br)cc1. The lowest BCUT2D eigenvalue weighted by Crippen LogP contribution is -2.39. The van der Waals surface area contributed by atoms with E-state index in [2.05, 4.69) is 21.2 Å². The molecule has 1 amide bonds. The molecule has 0 fully saturated rings. The van der Waals surface area contributed by atoms with Gasteiger partial charge in [-0.15, -0.1) is 0 Å². The molecule has 0 unspecified atom stereocenters. The van der Waals surface area contributed by atoms with Gasteiger partial charge in [0, 0.05) is 4.47 Å². The number of rotatable bonds is 4. The van der Waals surface area contributed by atoms with E-state index in [1.165, 1.54) is 0 Å². The number of halogens is 1. The van der Waals surface area contributed by atoms with Crippen LogP contribution in [0.5, 0.6) is 0 Å². The van der Waals surface area contributed by atoms with Gasteiger partial charge in [-0.2, -0.15) is 0 Å². The van der Waals surface area contributed by atoms with Crippen molar-refractivity contribution in [1.29, 1.82) is 0 Å². The zero-order valence-electron chi connectivity index (χ0n) is 10.9. The molecule has 3 nitrogen and oxygen atoms in total. The predicted molar refractivity (Wildman–Crippen MR) is 77.7 cm³/mol. The monoisotopic (exact) mass is 321 g/mol. The number of carbonyl (C=O) groups is 1. The van der Waals surface area contributed by atoms with Crippen LogP contribution >= 0.6 is 15.9 Å². The van der Waals surface area contributed by atoms with Crippen molar-refractivity contribution in [2.24, 2.45) is 0 Å². The first-order valence-corrected chi connectivity index (χ1v) is 6.86. The first-order chi connectivity index (χ1) is 9.00. The Morgan fingerprint density at radius 2 is 1.95 bits per heavy atom. The lowest BCUT2D eigenvalue weighted by atomic mass is 9.84. The van der Waals surface area contributed by atoms with Crippen LogP contribution in [-0.4, -0.2) is 5.91 Å². The average Bonchev–Trinajstić information content (AvgIpc) is 2.89. The second-order valence-corrected chi connectivity index (χ2v) is 5.81. The van der Waals surface area contributed by atoms with E-state index in [0.717, 1.165) is 15.8 Å². The topological polar surface area (TPSA) is 42.2 Å². The van der Waals surface area contributed by atoms with Gasteiger partial charge in [-0.1, -0.05) is 28.1 Å². The molecule has 2 aromatic rings. The summed E-state index contributed by atoms with van der Waals surface area (Å²) in [5.74, 6) is 0.728. The van der Waals surface area contributed by atoms with Gasteiger partial charge in [0.1, 0.15) is 5.76 Å². The van der Waals surface area contributed by atoms with E-state index in [-0.39, 0.29) is 5.91 Å². The van der Waals surface area contributed by atoms with Crippen LogP contribution in [0, 0.1) is 0 Å². The van der Waals surface area contributed by atoms with Crippen molar-refractivity contribution in [2.45, 2.75) is 25.8 Å². The van der Waals surface area contributed by atoms with Gasteiger partial charge in [0.15, 0.2) is 0 Å². The molecule has 1 N–H and O–H groups in total. The lowest BCUT2D eigenvalue weighted by molar-refractivity contribution is -0.125. The molecular weight excluding hydrogens is 306 g/mol. The van der Waals surface area contributed by atoms with Crippen molar-refractivity contribution < 1.29 is 9.21 Å². The van der Waals surface area contributed by atoms with Crippen LogP contribution in [0.3, 0.4) is 0 Å². The molecule has 0 atom stereocenters. The molecule has 0 spiro atoms. The minimum atomic E-state index is -0.576. The Kier molecular flexibility index (Phi) is 4.10. The molecule has 0 saturated carbocycles. The van der Waals surface area contributed by atoms with Crippen LogP contribution in [0.4, 0.5) is 0 Å². The maximum Gasteiger partial charge on any atom is 0.230 e. The lowest BCUT2D eigenvalue weighted by Gasteiger charge is -2.24. The number of hydrogen-bond acceptors (Lipinski definition) is 2. The standard InChI is InChI=1S/C15H16BrNO2/c1-15(2,11-5-7-12(16)8-6-11)14(18)17-10-13-4-3-9-19-13/h3-9H,10H2,1-2H3,(H,17,18). The van der Waals surface area contributed by atoms with Gasteiger partial charge >= 0.3 is 0 Å². The number of furan rings is 1. The zero-order valence-corrected chi connectivity index (χ0v) is 12.5. The molecule has 0 aliphatic carbocycles. The summed E-state index contributed by atoms with van der Waals surface area (Å²) in [6, 6.07) is 11.4. The predicted octanol–water partition coefficient (Wildman–Crippen LogP) is 3.64. The van der Waals surface area contributed by atoms with Crippen LogP contribution in [0.2, 0.25) is 0 Å². The van der Waals surface area contributed by atoms with Gasteiger partial charge in [0.25, 0.3) is 0 Å². The van der Waals surface area contributed by atoms with E-state index in [1.807, 2.05) is 44.2 Å². The normalized spacial score (nSPS) is 11.3. The quantitative estimate of drug-likeness (QED) is 0.934. The Bertz CT molecular complexity index is 544. The number of amides is 1. The molecule has 1 heterocycles. The highest BCUT2D eigenvalue weighted by molar-refractivity contribution is 9.10. The van der Waals surface area contributed by atoms with Crippen molar-refractivity contribution in [3.63, 3.8) is 0 Å². The molecule has 0 bridgehead atoms. The molecule has 19 heavy (non-hydrogen) atoms. The Balaban J connectivity index is 2.06. The van der Waals surface area contributed by atoms with Crippen LogP contribution in [-0.2, 0) is 16.8 Å². The maximum absolute atomic E-state index is 12.3. The summed E-state index contributed by atoms with van der Waals surface area (Å²) in [7, 11) is 0. The van der Waals surface area contributed by atoms with Gasteiger partial charge in [-0.3, -0.25) is 4.79 Å². The number of nitrogens with one attached hydrogen (secondary N) is 1. The van der Waals surface area contributed by atoms with Crippen LogP contribution in [0.15, 0.2) is 51.6 Å². The summed E-state index contributed by atoms with van der Waals surface area (Å²) < 4.78 is 6.20. The van der Waals surface area contributed by atoms with E-state index in [0.29, 0.717) is 6.54 Å². The van der Waals surface area contributed by atoms with Crippen LogP contribution in [0.1, 0.15) is 25.2 Å². The second-order valence-electron chi connectivity index (χ2n) is 4.89. The Hall–Kier alpha value is -1.55. The Morgan fingerprint density at radius 3 is 2.53 bits per heavy atom. The fraction of sp³-hybridized carbons (Fsp3) is 0.267. The summed E-state index contributed by atoms with van der Waals surface area (Å²) in [6.45, 7) is 4.23. The molecule has 0 radical (unpaired) electrons. The van der Waals surface area contributed by atoms with Gasteiger partial charge in [-0.25, -0.2) is 0 Å². The summed E-state index contributed by atoms with van der Waals surface area (Å²) in [6.07, 6.45) is 1.60. The first-order valence-electron chi connectivity index (χ1n) is 6.07. The highest BCUT2D eigenvalue weighted by atomic mass is 79.9. The third-order valence-corrected chi connectivity index (χ3v) is 3.67. The van der Waals surface area contributed by atoms with Crippen LogP contribution < -0.4 is 5.32 Å². The third kappa shape index (κ3) is 3.26. The average molecular weight is 322 g/mol. The first kappa shape index (κ1) is 13.9. The molecule has 0 aliphatic rings. The molecule has 4 heteroatoms. The minimum Gasteiger partial charge on any atom is -0.467 e. The summed E-state index contributed by atoms with van der Waals surface area (Å²) in [5, 5.41) is 2.89. The fourth-order valence-corrected chi connectivity index (χ4v) is 2.06. The Morgan fingerprint density at radius 1 is 1.26 bits per heavy atom. The van der Waals surface area contributed by atoms with Gasteiger partial charge in [0.2, 0.25) is 5.91 Å². The highest BCUT2D eigenvalue weighted by Gasteiger charge is 2.29. The largest absolute Gasteiger partial charge is 0.467 e. The zero-order chi connectivity index (χ0) is 13.9. The van der Waals surface area contributed by atoms with Crippen molar-refractivity contribution >= 4 is 21.8 Å². The van der Waals surface area contributed by atoms with Crippen LogP contribution in [0.25, 0.3) is 0 Å². The third-order valence-electron chi connectivity index (χ3n) is 3.14. The van der Waals surface area contributed by atoms with Crippen molar-refractivity contribution in [1.82, 2.24) is 5.32 Å². The molecule has 100 valence electrons. The van der Waals surface area contributed by atoms with E-state index in [4.69, 9.17) is 4.42 Å². The van der Waals surface area contributed by atoms with Gasteiger partial charge in [-0.05, 0) is 43.7 Å². The van der Waals surface area contributed by atoms with E-state index in [1.54, 1.807) is 12.3 Å². The van der Waals surface area contributed by atoms with Crippen molar-refractivity contribution in [2.75, 3.05) is 0 Å². The van der Waals surface area contributed by atoms with Crippen molar-refractivity contribution in [3.8, 4) is 0 Å². The molecule has 0 saturated heterocycles. The van der Waals surface area contributed by atoms with E-state index < -0.39 is 5.41 Å². The minimum absolute atomic E-state index is 0.0220. The molecule has 1 aromatic carbocycles. The number of hydrogen-bond donors (Lipinski definition) is 1. The summed E-state index contributed by atoms with van der Waals surface area (Å²) in [4.78, 5) is 12.3. The maximum atomic E-state index is 12.3. The van der Waals surface area contributed by atoms with Crippen molar-refractivity contribution in [3.05, 3.63) is 58.5 Å². The van der Waals surface area contributed by atoms with Gasteiger partial charge < -0.3 is 9.73 Å². The second kappa shape index (κ2) is 5.61. The molecule has 1 aromatic heterocycles. The highest BCUT2D eigenvalue weighted by Crippen LogP contribution is 2.25. The van der Waals surface area contributed by atoms with Gasteiger partial charge in [0.05, 0.1) is 18.2 Å². The van der Waals surface area contributed by atoms with E-state index >= 15 is 0 Å². The molecule has 0 aliphatic heterocycles. The smallest absolute Gasteiger partial charge is 0.230 e. The molecular formula is C15H16BrNO2.